The average Bonchev–Trinajstić information content (AvgIpc) is 2.59. The molecular weight excluding hydrogens is 242 g/mol. The SMILES string of the molecule is Cc1ccc(C)c(NC2CCCC(C(C)(C)C)CC2)c1. The van der Waals surface area contributed by atoms with Crippen LogP contribution < -0.4 is 5.32 Å². The van der Waals surface area contributed by atoms with E-state index in [4.69, 9.17) is 0 Å². The van der Waals surface area contributed by atoms with E-state index in [1.165, 1.54) is 48.9 Å². The van der Waals surface area contributed by atoms with Gasteiger partial charge in [-0.2, -0.15) is 0 Å². The summed E-state index contributed by atoms with van der Waals surface area (Å²) in [5, 5.41) is 3.80. The fourth-order valence-corrected chi connectivity index (χ4v) is 3.42. The van der Waals surface area contributed by atoms with Gasteiger partial charge in [-0.25, -0.2) is 0 Å². The molecule has 112 valence electrons. The Balaban J connectivity index is 1.99. The first-order valence-electron chi connectivity index (χ1n) is 8.20. The van der Waals surface area contributed by atoms with Crippen LogP contribution in [0.25, 0.3) is 0 Å². The molecule has 0 aliphatic heterocycles. The summed E-state index contributed by atoms with van der Waals surface area (Å²) in [7, 11) is 0. The van der Waals surface area contributed by atoms with Gasteiger partial charge < -0.3 is 5.32 Å². The van der Waals surface area contributed by atoms with Crippen molar-refractivity contribution in [2.24, 2.45) is 11.3 Å². The lowest BCUT2D eigenvalue weighted by Gasteiger charge is -2.29. The maximum atomic E-state index is 3.80. The van der Waals surface area contributed by atoms with E-state index in [1.54, 1.807) is 0 Å². The Kier molecular flexibility index (Phi) is 4.78. The van der Waals surface area contributed by atoms with Crippen molar-refractivity contribution in [2.45, 2.75) is 72.8 Å². The summed E-state index contributed by atoms with van der Waals surface area (Å²) in [5.41, 5.74) is 4.52. The highest BCUT2D eigenvalue weighted by Gasteiger charge is 2.27. The second-order valence-electron chi connectivity index (χ2n) is 7.73. The molecule has 1 aromatic carbocycles. The number of nitrogens with one attached hydrogen (secondary N) is 1. The molecule has 1 aliphatic rings. The number of benzene rings is 1. The molecule has 0 radical (unpaired) electrons. The van der Waals surface area contributed by atoms with E-state index in [0.29, 0.717) is 11.5 Å². The Labute approximate surface area is 125 Å². The van der Waals surface area contributed by atoms with E-state index in [-0.39, 0.29) is 0 Å². The van der Waals surface area contributed by atoms with E-state index in [1.807, 2.05) is 0 Å². The summed E-state index contributed by atoms with van der Waals surface area (Å²) < 4.78 is 0. The third kappa shape index (κ3) is 4.01. The maximum Gasteiger partial charge on any atom is 0.0374 e. The summed E-state index contributed by atoms with van der Waals surface area (Å²) in [6.45, 7) is 11.6. The third-order valence-corrected chi connectivity index (χ3v) is 4.95. The lowest BCUT2D eigenvalue weighted by Crippen LogP contribution is -2.22. The number of hydrogen-bond acceptors (Lipinski definition) is 1. The van der Waals surface area contributed by atoms with Crippen molar-refractivity contribution in [3.8, 4) is 0 Å². The van der Waals surface area contributed by atoms with Gasteiger partial charge >= 0.3 is 0 Å². The molecule has 2 unspecified atom stereocenters. The largest absolute Gasteiger partial charge is 0.382 e. The second-order valence-corrected chi connectivity index (χ2v) is 7.73. The van der Waals surface area contributed by atoms with E-state index in [2.05, 4.69) is 58.1 Å². The molecule has 20 heavy (non-hydrogen) atoms. The second kappa shape index (κ2) is 6.20. The fraction of sp³-hybridized carbons (Fsp3) is 0.684. The van der Waals surface area contributed by atoms with E-state index in [0.717, 1.165) is 5.92 Å². The van der Waals surface area contributed by atoms with Gasteiger partial charge in [0.2, 0.25) is 0 Å². The van der Waals surface area contributed by atoms with Gasteiger partial charge in [-0.15, -0.1) is 0 Å². The zero-order valence-corrected chi connectivity index (χ0v) is 13.9. The lowest BCUT2D eigenvalue weighted by molar-refractivity contribution is 0.214. The predicted octanol–water partition coefficient (Wildman–Crippen LogP) is 5.71. The van der Waals surface area contributed by atoms with Crippen LogP contribution in [0.5, 0.6) is 0 Å². The minimum Gasteiger partial charge on any atom is -0.382 e. The molecule has 1 heteroatoms. The van der Waals surface area contributed by atoms with Crippen LogP contribution in [0.4, 0.5) is 5.69 Å². The molecule has 1 aromatic rings. The third-order valence-electron chi connectivity index (χ3n) is 4.95. The minimum absolute atomic E-state index is 0.466. The number of aryl methyl sites for hydroxylation is 2. The molecule has 2 atom stereocenters. The smallest absolute Gasteiger partial charge is 0.0374 e. The Morgan fingerprint density at radius 2 is 1.75 bits per heavy atom. The normalized spacial score (nSPS) is 24.2. The summed E-state index contributed by atoms with van der Waals surface area (Å²) in [5.74, 6) is 0.882. The highest BCUT2D eigenvalue weighted by molar-refractivity contribution is 5.53. The van der Waals surface area contributed by atoms with Gasteiger partial charge in [0.25, 0.3) is 0 Å². The van der Waals surface area contributed by atoms with Gasteiger partial charge in [0, 0.05) is 11.7 Å². The maximum absolute atomic E-state index is 3.80. The van der Waals surface area contributed by atoms with Crippen LogP contribution in [0, 0.1) is 25.2 Å². The molecule has 0 aromatic heterocycles. The molecule has 1 fully saturated rings. The Hall–Kier alpha value is -0.980. The first-order valence-corrected chi connectivity index (χ1v) is 8.20. The summed E-state index contributed by atoms with van der Waals surface area (Å²) >= 11 is 0. The standard InChI is InChI=1S/C19H31N/c1-14-9-10-15(2)18(13-14)20-17-8-6-7-16(11-12-17)19(3,4)5/h9-10,13,16-17,20H,6-8,11-12H2,1-5H3. The molecule has 2 rings (SSSR count). The average molecular weight is 273 g/mol. The molecule has 0 spiro atoms. The number of hydrogen-bond donors (Lipinski definition) is 1. The van der Waals surface area contributed by atoms with Crippen molar-refractivity contribution in [3.05, 3.63) is 29.3 Å². The van der Waals surface area contributed by atoms with Crippen molar-refractivity contribution in [2.75, 3.05) is 5.32 Å². The van der Waals surface area contributed by atoms with Crippen molar-refractivity contribution in [3.63, 3.8) is 0 Å². The molecule has 0 bridgehead atoms. The summed E-state index contributed by atoms with van der Waals surface area (Å²) in [6, 6.07) is 7.37. The Morgan fingerprint density at radius 3 is 2.45 bits per heavy atom. The topological polar surface area (TPSA) is 12.0 Å². The summed E-state index contributed by atoms with van der Waals surface area (Å²) in [4.78, 5) is 0. The molecular formula is C19H31N. The Bertz CT molecular complexity index is 442. The molecule has 0 heterocycles. The van der Waals surface area contributed by atoms with Crippen LogP contribution in [0.15, 0.2) is 18.2 Å². The van der Waals surface area contributed by atoms with Gasteiger partial charge in [0.05, 0.1) is 0 Å². The van der Waals surface area contributed by atoms with Crippen molar-refractivity contribution in [1.82, 2.24) is 0 Å². The van der Waals surface area contributed by atoms with Crippen LogP contribution in [-0.4, -0.2) is 6.04 Å². The van der Waals surface area contributed by atoms with Crippen molar-refractivity contribution >= 4 is 5.69 Å². The molecule has 0 amide bonds. The predicted molar refractivity (Wildman–Crippen MR) is 89.4 cm³/mol. The van der Waals surface area contributed by atoms with Gasteiger partial charge in [0.1, 0.15) is 0 Å². The Morgan fingerprint density at radius 1 is 1.00 bits per heavy atom. The van der Waals surface area contributed by atoms with Crippen LogP contribution in [0.3, 0.4) is 0 Å². The van der Waals surface area contributed by atoms with Gasteiger partial charge in [-0.3, -0.25) is 0 Å². The van der Waals surface area contributed by atoms with Crippen LogP contribution in [-0.2, 0) is 0 Å². The van der Waals surface area contributed by atoms with Gasteiger partial charge in [-0.05, 0) is 68.1 Å². The van der Waals surface area contributed by atoms with Crippen LogP contribution in [0.2, 0.25) is 0 Å². The first-order chi connectivity index (χ1) is 9.36. The van der Waals surface area contributed by atoms with Crippen molar-refractivity contribution in [1.29, 1.82) is 0 Å². The molecule has 1 N–H and O–H groups in total. The molecule has 1 aliphatic carbocycles. The monoisotopic (exact) mass is 273 g/mol. The fourth-order valence-electron chi connectivity index (χ4n) is 3.42. The van der Waals surface area contributed by atoms with E-state index >= 15 is 0 Å². The van der Waals surface area contributed by atoms with Gasteiger partial charge in [0.15, 0.2) is 0 Å². The van der Waals surface area contributed by atoms with E-state index < -0.39 is 0 Å². The van der Waals surface area contributed by atoms with Crippen molar-refractivity contribution < 1.29 is 0 Å². The quantitative estimate of drug-likeness (QED) is 0.680. The van der Waals surface area contributed by atoms with Gasteiger partial charge in [-0.1, -0.05) is 39.3 Å². The number of rotatable bonds is 2. The first kappa shape index (κ1) is 15.4. The highest BCUT2D eigenvalue weighted by atomic mass is 14.9. The van der Waals surface area contributed by atoms with E-state index in [9.17, 15) is 0 Å². The molecule has 1 saturated carbocycles. The highest BCUT2D eigenvalue weighted by Crippen LogP contribution is 2.37. The summed E-state index contributed by atoms with van der Waals surface area (Å²) in [6.07, 6.45) is 6.76. The molecule has 0 saturated heterocycles. The number of anilines is 1. The zero-order valence-electron chi connectivity index (χ0n) is 13.9. The van der Waals surface area contributed by atoms with Crippen LogP contribution in [0.1, 0.15) is 64.0 Å². The minimum atomic E-state index is 0.466. The lowest BCUT2D eigenvalue weighted by atomic mass is 9.76. The van der Waals surface area contributed by atoms with Crippen LogP contribution >= 0.6 is 0 Å². The molecule has 1 nitrogen and oxygen atoms in total. The zero-order chi connectivity index (χ0) is 14.8.